The van der Waals surface area contributed by atoms with Crippen LogP contribution < -0.4 is 5.32 Å². The zero-order valence-corrected chi connectivity index (χ0v) is 17.1. The molecule has 0 aromatic heterocycles. The SMILES string of the molecule is C[C@]12CC[C@@H]3c4ccc(O)cc4CC[C@H]3[C@@H]1[C@@H](CCC(=O)NC1CC1)CC2(F)F. The minimum Gasteiger partial charge on any atom is -0.508 e. The molecule has 5 rings (SSSR count). The first-order valence-corrected chi connectivity index (χ1v) is 11.3. The smallest absolute Gasteiger partial charge is 0.253 e. The predicted molar refractivity (Wildman–Crippen MR) is 107 cm³/mol. The summed E-state index contributed by atoms with van der Waals surface area (Å²) in [6.45, 7) is 1.81. The number of alkyl halides is 2. The lowest BCUT2D eigenvalue weighted by Crippen LogP contribution is -2.47. The molecule has 4 aliphatic rings. The number of halogens is 2. The molecule has 0 unspecified atom stereocenters. The minimum atomic E-state index is -2.66. The quantitative estimate of drug-likeness (QED) is 0.729. The molecule has 4 aliphatic carbocycles. The molecule has 5 heteroatoms. The van der Waals surface area contributed by atoms with Gasteiger partial charge in [-0.25, -0.2) is 8.78 Å². The van der Waals surface area contributed by atoms with E-state index >= 15 is 8.78 Å². The molecule has 5 atom stereocenters. The normalized spacial score (nSPS) is 37.3. The fraction of sp³-hybridized carbons (Fsp3) is 0.708. The third kappa shape index (κ3) is 3.16. The van der Waals surface area contributed by atoms with Gasteiger partial charge in [0.05, 0.1) is 0 Å². The molecule has 0 heterocycles. The highest BCUT2D eigenvalue weighted by Crippen LogP contribution is 2.68. The van der Waals surface area contributed by atoms with Crippen molar-refractivity contribution in [3.8, 4) is 5.75 Å². The van der Waals surface area contributed by atoms with Gasteiger partial charge in [0.25, 0.3) is 5.92 Å². The number of fused-ring (bicyclic) bond motifs is 5. The van der Waals surface area contributed by atoms with Crippen molar-refractivity contribution in [3.05, 3.63) is 29.3 Å². The number of aromatic hydroxyl groups is 1. The van der Waals surface area contributed by atoms with E-state index in [1.54, 1.807) is 6.07 Å². The van der Waals surface area contributed by atoms with Gasteiger partial charge in [-0.05, 0) is 91.9 Å². The molecule has 3 fully saturated rings. The molecule has 0 aliphatic heterocycles. The van der Waals surface area contributed by atoms with Gasteiger partial charge in [0.1, 0.15) is 5.75 Å². The van der Waals surface area contributed by atoms with Crippen LogP contribution in [0.4, 0.5) is 8.78 Å². The van der Waals surface area contributed by atoms with Crippen LogP contribution in [0.25, 0.3) is 0 Å². The first-order valence-electron chi connectivity index (χ1n) is 11.3. The highest BCUT2D eigenvalue weighted by Gasteiger charge is 2.67. The molecule has 0 bridgehead atoms. The Morgan fingerprint density at radius 2 is 2.03 bits per heavy atom. The molecule has 1 aromatic rings. The fourth-order valence-corrected chi connectivity index (χ4v) is 6.93. The molecule has 0 radical (unpaired) electrons. The standard InChI is InChI=1S/C24H31F2NO2/c1-23-11-10-19-18-8-6-17(28)12-14(18)2-7-20(19)22(23)15(13-24(23,25)26)3-9-21(29)27-16-4-5-16/h6,8,12,15-16,19-20,22,28H,2-5,7,9-11,13H2,1H3,(H,27,29)/t15-,19+,20+,22-,23-/m0/s1. The summed E-state index contributed by atoms with van der Waals surface area (Å²) in [4.78, 5) is 12.2. The van der Waals surface area contributed by atoms with Gasteiger partial charge in [0.15, 0.2) is 0 Å². The summed E-state index contributed by atoms with van der Waals surface area (Å²) in [5.41, 5.74) is 1.47. The second kappa shape index (κ2) is 6.68. The Labute approximate surface area is 171 Å². The van der Waals surface area contributed by atoms with E-state index in [0.29, 0.717) is 31.2 Å². The highest BCUT2D eigenvalue weighted by molar-refractivity contribution is 5.76. The second-order valence-corrected chi connectivity index (χ2v) is 10.2. The molecule has 2 N–H and O–H groups in total. The summed E-state index contributed by atoms with van der Waals surface area (Å²) < 4.78 is 30.5. The van der Waals surface area contributed by atoms with E-state index in [4.69, 9.17) is 0 Å². The average Bonchev–Trinajstić information content (AvgIpc) is 3.45. The van der Waals surface area contributed by atoms with E-state index in [0.717, 1.165) is 32.1 Å². The lowest BCUT2D eigenvalue weighted by Gasteiger charge is -2.51. The molecule has 0 saturated heterocycles. The summed E-state index contributed by atoms with van der Waals surface area (Å²) in [5.74, 6) is -1.92. The van der Waals surface area contributed by atoms with Crippen LogP contribution in [0.1, 0.15) is 75.3 Å². The predicted octanol–water partition coefficient (Wildman–Crippen LogP) is 5.17. The van der Waals surface area contributed by atoms with Crippen LogP contribution in [-0.4, -0.2) is 23.0 Å². The Kier molecular flexibility index (Phi) is 4.45. The van der Waals surface area contributed by atoms with Crippen LogP contribution in [0.2, 0.25) is 0 Å². The summed E-state index contributed by atoms with van der Waals surface area (Å²) in [5, 5.41) is 12.8. The van der Waals surface area contributed by atoms with Gasteiger partial charge in [0.2, 0.25) is 5.91 Å². The molecule has 0 spiro atoms. The van der Waals surface area contributed by atoms with Crippen molar-refractivity contribution in [3.63, 3.8) is 0 Å². The molecule has 1 aromatic carbocycles. The van der Waals surface area contributed by atoms with Crippen LogP contribution in [0, 0.1) is 23.2 Å². The van der Waals surface area contributed by atoms with Crippen molar-refractivity contribution in [2.45, 2.75) is 82.6 Å². The van der Waals surface area contributed by atoms with Crippen molar-refractivity contribution < 1.29 is 18.7 Å². The van der Waals surface area contributed by atoms with Crippen molar-refractivity contribution >= 4 is 5.91 Å². The van der Waals surface area contributed by atoms with Gasteiger partial charge in [-0.15, -0.1) is 0 Å². The Balaban J connectivity index is 1.40. The largest absolute Gasteiger partial charge is 0.508 e. The minimum absolute atomic E-state index is 0.0289. The molecule has 3 nitrogen and oxygen atoms in total. The Bertz CT molecular complexity index is 821. The maximum Gasteiger partial charge on any atom is 0.253 e. The average molecular weight is 404 g/mol. The van der Waals surface area contributed by atoms with E-state index < -0.39 is 11.3 Å². The number of carbonyl (C=O) groups is 1. The molecule has 158 valence electrons. The number of hydrogen-bond donors (Lipinski definition) is 2. The van der Waals surface area contributed by atoms with Gasteiger partial charge in [-0.2, -0.15) is 0 Å². The number of benzene rings is 1. The monoisotopic (exact) mass is 403 g/mol. The lowest BCUT2D eigenvalue weighted by molar-refractivity contribution is -0.133. The van der Waals surface area contributed by atoms with Gasteiger partial charge in [-0.1, -0.05) is 13.0 Å². The summed E-state index contributed by atoms with van der Waals surface area (Å²) in [6.07, 6.45) is 6.04. The Hall–Kier alpha value is -1.65. The number of nitrogens with one attached hydrogen (secondary N) is 1. The number of hydrogen-bond acceptors (Lipinski definition) is 2. The zero-order chi connectivity index (χ0) is 20.4. The molecular weight excluding hydrogens is 372 g/mol. The third-order valence-electron chi connectivity index (χ3n) is 8.51. The van der Waals surface area contributed by atoms with Gasteiger partial charge in [-0.3, -0.25) is 4.79 Å². The number of phenolic OH excluding ortho intramolecular Hbond substituents is 1. The Morgan fingerprint density at radius 3 is 2.79 bits per heavy atom. The van der Waals surface area contributed by atoms with E-state index in [2.05, 4.69) is 5.32 Å². The molecule has 29 heavy (non-hydrogen) atoms. The van der Waals surface area contributed by atoms with E-state index in [1.165, 1.54) is 11.1 Å². The first kappa shape index (κ1) is 19.3. The number of carbonyl (C=O) groups excluding carboxylic acids is 1. The summed E-state index contributed by atoms with van der Waals surface area (Å²) in [7, 11) is 0. The van der Waals surface area contributed by atoms with Gasteiger partial charge >= 0.3 is 0 Å². The van der Waals surface area contributed by atoms with E-state index in [1.807, 2.05) is 19.1 Å². The molecule has 3 saturated carbocycles. The van der Waals surface area contributed by atoms with Crippen LogP contribution in [-0.2, 0) is 11.2 Å². The maximum atomic E-state index is 15.2. The number of phenols is 1. The van der Waals surface area contributed by atoms with Crippen LogP contribution >= 0.6 is 0 Å². The van der Waals surface area contributed by atoms with Gasteiger partial charge < -0.3 is 10.4 Å². The first-order chi connectivity index (χ1) is 13.8. The van der Waals surface area contributed by atoms with Crippen LogP contribution in [0.3, 0.4) is 0 Å². The van der Waals surface area contributed by atoms with E-state index in [-0.39, 0.29) is 35.8 Å². The van der Waals surface area contributed by atoms with Crippen molar-refractivity contribution in [1.82, 2.24) is 5.32 Å². The summed E-state index contributed by atoms with van der Waals surface area (Å²) in [6, 6.07) is 5.92. The highest BCUT2D eigenvalue weighted by atomic mass is 19.3. The fourth-order valence-electron chi connectivity index (χ4n) is 6.93. The van der Waals surface area contributed by atoms with Crippen LogP contribution in [0.15, 0.2) is 18.2 Å². The maximum absolute atomic E-state index is 15.2. The topological polar surface area (TPSA) is 49.3 Å². The van der Waals surface area contributed by atoms with Crippen molar-refractivity contribution in [2.24, 2.45) is 23.2 Å². The summed E-state index contributed by atoms with van der Waals surface area (Å²) >= 11 is 0. The number of amides is 1. The third-order valence-corrected chi connectivity index (χ3v) is 8.51. The molecular formula is C24H31F2NO2. The number of rotatable bonds is 4. The van der Waals surface area contributed by atoms with Crippen molar-refractivity contribution in [1.29, 1.82) is 0 Å². The zero-order valence-electron chi connectivity index (χ0n) is 17.1. The second-order valence-electron chi connectivity index (χ2n) is 10.2. The lowest BCUT2D eigenvalue weighted by atomic mass is 9.53. The molecule has 1 amide bonds. The van der Waals surface area contributed by atoms with Crippen LogP contribution in [0.5, 0.6) is 5.75 Å². The van der Waals surface area contributed by atoms with E-state index in [9.17, 15) is 9.90 Å². The number of aryl methyl sites for hydroxylation is 1. The van der Waals surface area contributed by atoms with Gasteiger partial charge in [0, 0.05) is 24.3 Å². The van der Waals surface area contributed by atoms with Crippen molar-refractivity contribution in [2.75, 3.05) is 0 Å². The Morgan fingerprint density at radius 1 is 1.24 bits per heavy atom.